The van der Waals surface area contributed by atoms with Crippen LogP contribution in [0.15, 0.2) is 6.33 Å². The molecule has 1 amide bonds. The summed E-state index contributed by atoms with van der Waals surface area (Å²) in [5.74, 6) is 0.828. The van der Waals surface area contributed by atoms with E-state index in [-0.39, 0.29) is 18.0 Å². The Morgan fingerprint density at radius 1 is 1.65 bits per heavy atom. The van der Waals surface area contributed by atoms with Gasteiger partial charge in [0.2, 0.25) is 5.91 Å². The first-order chi connectivity index (χ1) is 8.18. The van der Waals surface area contributed by atoms with Gasteiger partial charge in [-0.3, -0.25) is 4.79 Å². The van der Waals surface area contributed by atoms with Gasteiger partial charge in [0.15, 0.2) is 5.82 Å². The Morgan fingerprint density at radius 2 is 2.47 bits per heavy atom. The third-order valence-corrected chi connectivity index (χ3v) is 3.12. The lowest BCUT2D eigenvalue weighted by molar-refractivity contribution is -0.124. The van der Waals surface area contributed by atoms with Crippen molar-refractivity contribution in [1.29, 1.82) is 0 Å². The van der Waals surface area contributed by atoms with Crippen LogP contribution in [0.1, 0.15) is 38.1 Å². The minimum Gasteiger partial charge on any atom is -0.345 e. The Balaban J connectivity index is 1.92. The van der Waals surface area contributed by atoms with E-state index in [2.05, 4.69) is 20.8 Å². The fourth-order valence-electron chi connectivity index (χ4n) is 2.14. The van der Waals surface area contributed by atoms with Crippen LogP contribution < -0.4 is 10.6 Å². The van der Waals surface area contributed by atoms with Crippen molar-refractivity contribution >= 4 is 5.91 Å². The third kappa shape index (κ3) is 2.82. The van der Waals surface area contributed by atoms with E-state index in [1.165, 1.54) is 0 Å². The lowest BCUT2D eigenvalue weighted by Gasteiger charge is -2.24. The number of carbonyl (C=O) groups excluding carboxylic acids is 1. The molecule has 1 unspecified atom stereocenters. The summed E-state index contributed by atoms with van der Waals surface area (Å²) in [4.78, 5) is 12.0. The van der Waals surface area contributed by atoms with E-state index in [1.807, 2.05) is 18.5 Å². The largest absolute Gasteiger partial charge is 0.345 e. The van der Waals surface area contributed by atoms with Crippen molar-refractivity contribution in [2.45, 2.75) is 38.3 Å². The number of rotatable bonds is 3. The second-order valence-corrected chi connectivity index (χ2v) is 4.53. The highest BCUT2D eigenvalue weighted by molar-refractivity contribution is 5.82. The van der Waals surface area contributed by atoms with E-state index in [1.54, 1.807) is 6.33 Å². The summed E-state index contributed by atoms with van der Waals surface area (Å²) in [6.45, 7) is 2.85. The summed E-state index contributed by atoms with van der Waals surface area (Å²) >= 11 is 0. The molecule has 0 saturated carbocycles. The van der Waals surface area contributed by atoms with Crippen LogP contribution in [0.5, 0.6) is 0 Å². The third-order valence-electron chi connectivity index (χ3n) is 3.12. The topological polar surface area (TPSA) is 71.8 Å². The second kappa shape index (κ2) is 5.27. The van der Waals surface area contributed by atoms with Crippen LogP contribution in [0.2, 0.25) is 0 Å². The predicted molar refractivity (Wildman–Crippen MR) is 63.2 cm³/mol. The minimum atomic E-state index is -0.112. The zero-order valence-electron chi connectivity index (χ0n) is 10.3. The van der Waals surface area contributed by atoms with E-state index >= 15 is 0 Å². The molecule has 1 fully saturated rings. The van der Waals surface area contributed by atoms with Gasteiger partial charge in [0, 0.05) is 7.05 Å². The zero-order valence-corrected chi connectivity index (χ0v) is 10.3. The number of hydrogen-bond acceptors (Lipinski definition) is 4. The number of carbonyl (C=O) groups is 1. The first-order valence-electron chi connectivity index (χ1n) is 6.06. The Bertz CT molecular complexity index is 383. The average molecular weight is 237 g/mol. The maximum Gasteiger partial charge on any atom is 0.237 e. The second-order valence-electron chi connectivity index (χ2n) is 4.53. The molecule has 2 N–H and O–H groups in total. The van der Waals surface area contributed by atoms with Crippen molar-refractivity contribution in [3.63, 3.8) is 0 Å². The number of piperidine rings is 1. The van der Waals surface area contributed by atoms with E-state index < -0.39 is 0 Å². The van der Waals surface area contributed by atoms with Crippen molar-refractivity contribution in [1.82, 2.24) is 25.4 Å². The van der Waals surface area contributed by atoms with E-state index in [0.29, 0.717) is 0 Å². The van der Waals surface area contributed by atoms with Crippen LogP contribution in [-0.2, 0) is 11.8 Å². The average Bonchev–Trinajstić information content (AvgIpc) is 2.76. The van der Waals surface area contributed by atoms with Crippen LogP contribution in [0.25, 0.3) is 0 Å². The van der Waals surface area contributed by atoms with E-state index in [4.69, 9.17) is 0 Å². The number of hydrogen-bond donors (Lipinski definition) is 2. The fraction of sp³-hybridized carbons (Fsp3) is 0.727. The highest BCUT2D eigenvalue weighted by Crippen LogP contribution is 2.11. The molecule has 2 atom stereocenters. The number of aryl methyl sites for hydroxylation is 1. The first-order valence-corrected chi connectivity index (χ1v) is 6.06. The monoisotopic (exact) mass is 237 g/mol. The van der Waals surface area contributed by atoms with Crippen LogP contribution >= 0.6 is 0 Å². The normalized spacial score (nSPS) is 22.1. The van der Waals surface area contributed by atoms with Gasteiger partial charge < -0.3 is 15.2 Å². The molecule has 0 aromatic carbocycles. The summed E-state index contributed by atoms with van der Waals surface area (Å²) in [5.41, 5.74) is 0. The maximum atomic E-state index is 12.0. The molecule has 0 aliphatic carbocycles. The molecule has 2 heterocycles. The summed E-state index contributed by atoms with van der Waals surface area (Å²) in [6.07, 6.45) is 4.82. The predicted octanol–water partition coefficient (Wildman–Crippen LogP) is 0.134. The van der Waals surface area contributed by atoms with Gasteiger partial charge in [0.1, 0.15) is 6.33 Å². The Morgan fingerprint density at radius 3 is 3.06 bits per heavy atom. The van der Waals surface area contributed by atoms with Gasteiger partial charge in [-0.2, -0.15) is 0 Å². The van der Waals surface area contributed by atoms with E-state index in [9.17, 15) is 4.79 Å². The molecule has 1 aromatic heterocycles. The van der Waals surface area contributed by atoms with Gasteiger partial charge in [-0.15, -0.1) is 10.2 Å². The molecule has 1 aliphatic heterocycles. The van der Waals surface area contributed by atoms with Gasteiger partial charge >= 0.3 is 0 Å². The van der Waals surface area contributed by atoms with Crippen molar-refractivity contribution in [2.24, 2.45) is 7.05 Å². The highest BCUT2D eigenvalue weighted by Gasteiger charge is 2.23. The quantitative estimate of drug-likeness (QED) is 0.784. The minimum absolute atomic E-state index is 0.0557. The van der Waals surface area contributed by atoms with Crippen LogP contribution in [0, 0.1) is 0 Å². The molecule has 1 aliphatic rings. The number of aromatic nitrogens is 3. The first kappa shape index (κ1) is 12.0. The van der Waals surface area contributed by atoms with Crippen LogP contribution in [0.4, 0.5) is 0 Å². The number of nitrogens with one attached hydrogen (secondary N) is 2. The van der Waals surface area contributed by atoms with E-state index in [0.717, 1.165) is 31.6 Å². The number of nitrogens with zero attached hydrogens (tertiary/aromatic N) is 3. The van der Waals surface area contributed by atoms with Gasteiger partial charge in [0.25, 0.3) is 0 Å². The Hall–Kier alpha value is -1.43. The van der Waals surface area contributed by atoms with Crippen LogP contribution in [-0.4, -0.2) is 33.3 Å². The molecular weight excluding hydrogens is 218 g/mol. The molecule has 1 saturated heterocycles. The summed E-state index contributed by atoms with van der Waals surface area (Å²) in [7, 11) is 1.87. The van der Waals surface area contributed by atoms with Gasteiger partial charge in [-0.25, -0.2) is 0 Å². The molecule has 2 rings (SSSR count). The molecule has 0 spiro atoms. The molecule has 0 radical (unpaired) electrons. The van der Waals surface area contributed by atoms with Crippen molar-refractivity contribution < 1.29 is 4.79 Å². The molecular formula is C11H19N5O. The smallest absolute Gasteiger partial charge is 0.237 e. The maximum absolute atomic E-state index is 12.0. The summed E-state index contributed by atoms with van der Waals surface area (Å²) in [6, 6.07) is -0.168. The van der Waals surface area contributed by atoms with Crippen molar-refractivity contribution in [3.05, 3.63) is 12.2 Å². The van der Waals surface area contributed by atoms with Gasteiger partial charge in [0.05, 0.1) is 12.1 Å². The molecule has 6 heteroatoms. The molecule has 94 valence electrons. The zero-order chi connectivity index (χ0) is 12.3. The Labute approximate surface area is 101 Å². The number of amides is 1. The fourth-order valence-corrected chi connectivity index (χ4v) is 2.14. The van der Waals surface area contributed by atoms with Crippen molar-refractivity contribution in [3.8, 4) is 0 Å². The molecule has 0 bridgehead atoms. The lowest BCUT2D eigenvalue weighted by Crippen LogP contribution is -2.47. The summed E-state index contributed by atoms with van der Waals surface area (Å²) < 4.78 is 1.82. The van der Waals surface area contributed by atoms with Gasteiger partial charge in [-0.05, 0) is 26.3 Å². The molecule has 6 nitrogen and oxygen atoms in total. The Kier molecular flexibility index (Phi) is 3.73. The standard InChI is InChI=1S/C11H19N5O/c1-8(10-15-13-7-16(10)2)14-11(17)9-5-3-4-6-12-9/h7-9,12H,3-6H2,1-2H3,(H,14,17)/t8?,9-/m0/s1. The molecule has 17 heavy (non-hydrogen) atoms. The van der Waals surface area contributed by atoms with Gasteiger partial charge in [-0.1, -0.05) is 6.42 Å². The van der Waals surface area contributed by atoms with Crippen LogP contribution in [0.3, 0.4) is 0 Å². The molecule has 1 aromatic rings. The summed E-state index contributed by atoms with van der Waals surface area (Å²) in [5, 5.41) is 14.0. The lowest BCUT2D eigenvalue weighted by atomic mass is 10.0. The highest BCUT2D eigenvalue weighted by atomic mass is 16.2. The SMILES string of the molecule is CC(NC(=O)[C@@H]1CCCCN1)c1nncn1C. The van der Waals surface area contributed by atoms with Crippen molar-refractivity contribution in [2.75, 3.05) is 6.54 Å².